The minimum absolute atomic E-state index is 0.0334. The van der Waals surface area contributed by atoms with Crippen LogP contribution in [0.15, 0.2) is 47.0 Å². The van der Waals surface area contributed by atoms with Gasteiger partial charge in [-0.25, -0.2) is 9.59 Å². The first-order chi connectivity index (χ1) is 23.8. The van der Waals surface area contributed by atoms with Crippen LogP contribution in [0.1, 0.15) is 76.2 Å². The number of aliphatic hydroxyl groups is 3. The van der Waals surface area contributed by atoms with Crippen molar-refractivity contribution in [2.75, 3.05) is 12.4 Å². The summed E-state index contributed by atoms with van der Waals surface area (Å²) in [6.07, 6.45) is 7.52. The van der Waals surface area contributed by atoms with Crippen molar-refractivity contribution in [2.24, 2.45) is 17.6 Å². The predicted octanol–water partition coefficient (Wildman–Crippen LogP) is 1.11. The van der Waals surface area contributed by atoms with Crippen molar-refractivity contribution in [3.05, 3.63) is 52.6 Å². The predicted molar refractivity (Wildman–Crippen MR) is 180 cm³/mol. The molecule has 2 aliphatic carbocycles. The summed E-state index contributed by atoms with van der Waals surface area (Å²) in [5.41, 5.74) is 6.74. The molecule has 2 heterocycles. The van der Waals surface area contributed by atoms with Gasteiger partial charge in [-0.15, -0.1) is 11.8 Å². The first-order valence-corrected chi connectivity index (χ1v) is 17.9. The zero-order valence-electron chi connectivity index (χ0n) is 27.7. The molecule has 2 amide bonds. The molecule has 0 unspecified atom stereocenters. The molecule has 1 aromatic heterocycles. The van der Waals surface area contributed by atoms with Crippen LogP contribution in [-0.2, 0) is 35.1 Å². The van der Waals surface area contributed by atoms with Gasteiger partial charge in [0.2, 0.25) is 23.8 Å². The maximum atomic E-state index is 13.8. The molecule has 1 aliphatic heterocycles. The van der Waals surface area contributed by atoms with Crippen LogP contribution in [0.4, 0.5) is 0 Å². The number of pyridine rings is 1. The molecule has 0 spiro atoms. The number of rotatable bonds is 16. The molecule has 3 aliphatic rings. The van der Waals surface area contributed by atoms with E-state index >= 15 is 0 Å². The van der Waals surface area contributed by atoms with Gasteiger partial charge in [0.15, 0.2) is 0 Å². The van der Waals surface area contributed by atoms with Crippen LogP contribution in [0.5, 0.6) is 0 Å². The molecule has 4 rings (SSSR count). The minimum atomic E-state index is -2.69. The first-order valence-electron chi connectivity index (χ1n) is 16.8. The summed E-state index contributed by atoms with van der Waals surface area (Å²) in [4.78, 5) is 66.2. The molecule has 0 fully saturated rings. The highest BCUT2D eigenvalue weighted by Crippen LogP contribution is 2.51. The number of aromatic nitrogens is 1. The lowest BCUT2D eigenvalue weighted by Crippen LogP contribution is -2.53. The molecule has 0 aromatic carbocycles. The van der Waals surface area contributed by atoms with Crippen molar-refractivity contribution in [1.82, 2.24) is 15.6 Å². The topological polar surface area (TPSA) is 259 Å². The van der Waals surface area contributed by atoms with Gasteiger partial charge in [0.1, 0.15) is 17.7 Å². The van der Waals surface area contributed by atoms with Gasteiger partial charge in [0, 0.05) is 37.6 Å². The van der Waals surface area contributed by atoms with Gasteiger partial charge in [-0.3, -0.25) is 25.1 Å². The average molecular weight is 719 g/mol. The zero-order valence-corrected chi connectivity index (χ0v) is 28.5. The number of thioether (sulfide) groups is 1. The number of allylic oxidation sites excluding steroid dienone is 1. The van der Waals surface area contributed by atoms with Crippen molar-refractivity contribution in [1.29, 1.82) is 0 Å². The van der Waals surface area contributed by atoms with Crippen LogP contribution in [-0.4, -0.2) is 95.8 Å². The second kappa shape index (κ2) is 17.9. The maximum Gasteiger partial charge on any atom is 0.353 e. The van der Waals surface area contributed by atoms with Gasteiger partial charge in [0.05, 0.1) is 5.25 Å². The fourth-order valence-electron chi connectivity index (χ4n) is 6.77. The van der Waals surface area contributed by atoms with E-state index in [4.69, 9.17) is 20.7 Å². The minimum Gasteiger partial charge on any atom is -0.478 e. The molecule has 0 bridgehead atoms. The molecule has 0 saturated carbocycles. The second-order valence-electron chi connectivity index (χ2n) is 13.0. The lowest BCUT2D eigenvalue weighted by Gasteiger charge is -2.34. The molecule has 6 atom stereocenters. The van der Waals surface area contributed by atoms with Crippen molar-refractivity contribution in [3.63, 3.8) is 0 Å². The molecular weight excluding hydrogens is 672 g/mol. The van der Waals surface area contributed by atoms with E-state index in [1.54, 1.807) is 12.4 Å². The van der Waals surface area contributed by atoms with E-state index in [-0.39, 0.29) is 24.2 Å². The summed E-state index contributed by atoms with van der Waals surface area (Å²) in [6, 6.07) is 2.51. The third-order valence-corrected chi connectivity index (χ3v) is 10.7. The number of aliphatic carboxylic acids is 2. The summed E-state index contributed by atoms with van der Waals surface area (Å²) >= 11 is 1.25. The third-order valence-electron chi connectivity index (χ3n) is 9.34. The van der Waals surface area contributed by atoms with Gasteiger partial charge in [-0.1, -0.05) is 36.8 Å². The van der Waals surface area contributed by atoms with Gasteiger partial charge < -0.3 is 40.9 Å². The molecule has 50 heavy (non-hydrogen) atoms. The number of amides is 2. The molecule has 9 N–H and O–H groups in total. The number of carbonyl (C=O) groups excluding carboxylic acids is 3. The van der Waals surface area contributed by atoms with Crippen LogP contribution in [0.2, 0.25) is 0 Å². The van der Waals surface area contributed by atoms with Crippen molar-refractivity contribution >= 4 is 41.5 Å². The van der Waals surface area contributed by atoms with E-state index in [2.05, 4.69) is 10.3 Å². The Morgan fingerprint density at radius 3 is 2.44 bits per heavy atom. The first kappa shape index (κ1) is 39.0. The van der Waals surface area contributed by atoms with Gasteiger partial charge in [0.25, 0.3) is 0 Å². The van der Waals surface area contributed by atoms with Crippen LogP contribution in [0.3, 0.4) is 0 Å². The second-order valence-corrected chi connectivity index (χ2v) is 14.2. The summed E-state index contributed by atoms with van der Waals surface area (Å²) in [5.74, 6) is -5.84. The van der Waals surface area contributed by atoms with Crippen molar-refractivity contribution < 1.29 is 54.2 Å². The number of carboxylic acids is 2. The SMILES string of the molecule is N[C@@](O)(CCC(=O)N[C@@H](CS[C@@H]1CCCCCC[C@H]2CC(Cc3ccncc3)=C(CCCO)[C@@H]3C(=O)OC1=C23)C(=O)N[C@@H](O)C(=O)O)C(=O)O. The van der Waals surface area contributed by atoms with Crippen LogP contribution in [0, 0.1) is 11.8 Å². The Kier molecular flexibility index (Phi) is 13.9. The number of carboxylic acid groups (broad SMARTS) is 2. The van der Waals surface area contributed by atoms with Gasteiger partial charge >= 0.3 is 17.9 Å². The van der Waals surface area contributed by atoms with Crippen molar-refractivity contribution in [2.45, 2.75) is 100 Å². The number of hydrogen-bond acceptors (Lipinski definition) is 12. The largest absolute Gasteiger partial charge is 0.478 e. The number of hydrogen-bond donors (Lipinski definition) is 8. The fourth-order valence-corrected chi connectivity index (χ4v) is 8.10. The Bertz CT molecular complexity index is 1480. The van der Waals surface area contributed by atoms with Gasteiger partial charge in [-0.05, 0) is 67.7 Å². The Labute approximate surface area is 293 Å². The van der Waals surface area contributed by atoms with E-state index < -0.39 is 65.8 Å². The van der Waals surface area contributed by atoms with Crippen LogP contribution < -0.4 is 16.4 Å². The summed E-state index contributed by atoms with van der Waals surface area (Å²) < 4.78 is 6.11. The molecule has 15 nitrogen and oxygen atoms in total. The maximum absolute atomic E-state index is 13.8. The lowest BCUT2D eigenvalue weighted by atomic mass is 9.69. The molecule has 1 aromatic rings. The highest BCUT2D eigenvalue weighted by atomic mass is 32.2. The summed E-state index contributed by atoms with van der Waals surface area (Å²) in [7, 11) is 0. The molecule has 16 heteroatoms. The molecule has 0 radical (unpaired) electrons. The number of esters is 1. The summed E-state index contributed by atoms with van der Waals surface area (Å²) in [6.45, 7) is -0.0335. The third kappa shape index (κ3) is 10.1. The van der Waals surface area contributed by atoms with Crippen LogP contribution in [0.25, 0.3) is 0 Å². The van der Waals surface area contributed by atoms with E-state index in [0.29, 0.717) is 31.4 Å². The normalized spacial score (nSPS) is 23.2. The van der Waals surface area contributed by atoms with E-state index in [1.807, 2.05) is 17.4 Å². The Morgan fingerprint density at radius 1 is 1.08 bits per heavy atom. The molecule has 0 saturated heterocycles. The van der Waals surface area contributed by atoms with Gasteiger partial charge in [-0.2, -0.15) is 0 Å². The number of carbonyl (C=O) groups is 5. The average Bonchev–Trinajstić information content (AvgIpc) is 3.42. The van der Waals surface area contributed by atoms with E-state index in [1.165, 1.54) is 11.8 Å². The van der Waals surface area contributed by atoms with Crippen molar-refractivity contribution in [3.8, 4) is 0 Å². The number of nitrogens with zero attached hydrogens (tertiary/aromatic N) is 1. The highest BCUT2D eigenvalue weighted by molar-refractivity contribution is 8.00. The number of ether oxygens (including phenoxy) is 1. The smallest absolute Gasteiger partial charge is 0.353 e. The lowest BCUT2D eigenvalue weighted by molar-refractivity contribution is -0.159. The quantitative estimate of drug-likeness (QED) is 0.0677. The monoisotopic (exact) mass is 718 g/mol. The standard InChI is InChI=1S/C34H46N4O11S/c35-34(48,33(46)47)12-9-25(40)37-23(29(41)38-30(42)31(43)44)18-50-24-8-4-2-1-3-6-20-17-21(16-19-10-13-36-14-11-19)22(7-5-15-39)27-26(20)28(24)49-32(27)45/h10-11,13-14,20,23-24,27,30,39,42,48H,1-9,12,15-18,35H2,(H,37,40)(H,38,41)(H,43,44)(H,46,47)/t20-,23-,24+,27-,30-,34+/m0/s1. The Morgan fingerprint density at radius 2 is 1.78 bits per heavy atom. The highest BCUT2D eigenvalue weighted by Gasteiger charge is 2.47. The Balaban J connectivity index is 1.64. The zero-order chi connectivity index (χ0) is 36.4. The number of nitrogens with two attached hydrogens (primary N) is 1. The molecular formula is C34H46N4O11S. The number of nitrogens with one attached hydrogen (secondary N) is 2. The summed E-state index contributed by atoms with van der Waals surface area (Å²) in [5, 5.41) is 51.5. The Hall–Kier alpha value is -3.83. The van der Waals surface area contributed by atoms with E-state index in [0.717, 1.165) is 60.8 Å². The fraction of sp³-hybridized carbons (Fsp3) is 0.588. The van der Waals surface area contributed by atoms with E-state index in [9.17, 15) is 39.3 Å². The number of aliphatic hydroxyl groups excluding tert-OH is 2. The van der Waals surface area contributed by atoms with Crippen LogP contribution >= 0.6 is 11.8 Å². The molecule has 274 valence electrons.